The van der Waals surface area contributed by atoms with Crippen LogP contribution >= 0.6 is 34.5 Å². The molecule has 1 unspecified atom stereocenters. The molecule has 0 saturated carbocycles. The van der Waals surface area contributed by atoms with Gasteiger partial charge in [-0.05, 0) is 67.8 Å². The Labute approximate surface area is 303 Å². The Morgan fingerprint density at radius 3 is 2.34 bits per heavy atom. The summed E-state index contributed by atoms with van der Waals surface area (Å²) in [6.45, 7) is -0.166. The second-order valence-corrected chi connectivity index (χ2v) is 14.5. The maximum Gasteiger partial charge on any atom is 0.414 e. The van der Waals surface area contributed by atoms with Gasteiger partial charge in [-0.1, -0.05) is 41.4 Å². The number of ether oxygens (including phenoxy) is 3. The highest BCUT2D eigenvalue weighted by atomic mass is 35.5. The number of rotatable bonds is 11. The molecule has 4 heterocycles. The van der Waals surface area contributed by atoms with Crippen LogP contribution in [0.4, 0.5) is 14.9 Å². The van der Waals surface area contributed by atoms with Gasteiger partial charge < -0.3 is 29.0 Å². The highest BCUT2D eigenvalue weighted by molar-refractivity contribution is 7.14. The zero-order chi connectivity index (χ0) is 35.7. The van der Waals surface area contributed by atoms with Gasteiger partial charge >= 0.3 is 6.09 Å². The number of piperidine rings is 1. The lowest BCUT2D eigenvalue weighted by Crippen LogP contribution is -2.45. The second-order valence-electron chi connectivity index (χ2n) is 12.5. The number of methoxy groups -OCH3 is 2. The van der Waals surface area contributed by atoms with Gasteiger partial charge in [0.05, 0.1) is 37.3 Å². The van der Waals surface area contributed by atoms with Gasteiger partial charge in [0.2, 0.25) is 12.4 Å². The maximum absolute atomic E-state index is 15.3. The highest BCUT2D eigenvalue weighted by Gasteiger charge is 2.40. The maximum atomic E-state index is 15.3. The van der Waals surface area contributed by atoms with Crippen LogP contribution in [0, 0.1) is 5.82 Å². The summed E-state index contributed by atoms with van der Waals surface area (Å²) in [4.78, 5) is 30.5. The van der Waals surface area contributed by atoms with E-state index >= 15 is 4.39 Å². The fourth-order valence-electron chi connectivity index (χ4n) is 7.11. The van der Waals surface area contributed by atoms with E-state index in [-0.39, 0.29) is 39.7 Å². The minimum Gasteiger partial charge on any atom is -0.544 e. The number of carboxylic acids is 1. The summed E-state index contributed by atoms with van der Waals surface area (Å²) < 4.78 is 33.0. The molecule has 10 nitrogen and oxygen atoms in total. The van der Waals surface area contributed by atoms with Crippen molar-refractivity contribution in [3.05, 3.63) is 103 Å². The van der Waals surface area contributed by atoms with E-state index in [9.17, 15) is 19.9 Å². The van der Waals surface area contributed by atoms with E-state index in [2.05, 4.69) is 11.9 Å². The predicted molar refractivity (Wildman–Crippen MR) is 184 cm³/mol. The van der Waals surface area contributed by atoms with Crippen molar-refractivity contribution in [3.8, 4) is 11.5 Å². The molecule has 14 heteroatoms. The Morgan fingerprint density at radius 2 is 1.72 bits per heavy atom. The molecule has 2 aromatic heterocycles. The lowest BCUT2D eigenvalue weighted by Gasteiger charge is -2.36. The molecule has 0 aliphatic carbocycles. The minimum absolute atomic E-state index is 0.00921. The van der Waals surface area contributed by atoms with Gasteiger partial charge in [0.25, 0.3) is 0 Å². The first-order valence-corrected chi connectivity index (χ1v) is 17.6. The minimum atomic E-state index is -1.43. The monoisotopic (exact) mass is 743 g/mol. The first-order chi connectivity index (χ1) is 24.0. The van der Waals surface area contributed by atoms with Crippen molar-refractivity contribution >= 4 is 52.3 Å². The van der Waals surface area contributed by atoms with Crippen LogP contribution in [0.15, 0.2) is 60.9 Å². The molecule has 2 bridgehead atoms. The Balaban J connectivity index is 1.39. The number of nitrogens with zero attached hydrogens (tertiary/aromatic N) is 3. The van der Waals surface area contributed by atoms with E-state index in [1.54, 1.807) is 30.3 Å². The summed E-state index contributed by atoms with van der Waals surface area (Å²) >= 11 is 14.0. The van der Waals surface area contributed by atoms with Crippen molar-refractivity contribution in [2.45, 2.75) is 62.8 Å². The van der Waals surface area contributed by atoms with Gasteiger partial charge in [-0.25, -0.2) is 9.18 Å². The van der Waals surface area contributed by atoms with E-state index in [1.807, 2.05) is 0 Å². The summed E-state index contributed by atoms with van der Waals surface area (Å²) in [7, 11) is 5.09. The summed E-state index contributed by atoms with van der Waals surface area (Å²) in [5.74, 6) is -1.85. The number of aromatic carboxylic acids is 1. The fourth-order valence-corrected chi connectivity index (χ4v) is 8.76. The van der Waals surface area contributed by atoms with E-state index in [4.69, 9.17) is 37.4 Å². The second kappa shape index (κ2) is 15.0. The molecule has 2 aliphatic rings. The summed E-state index contributed by atoms with van der Waals surface area (Å²) in [6, 6.07) is 13.4. The van der Waals surface area contributed by atoms with Crippen LogP contribution < -0.4 is 24.2 Å². The van der Waals surface area contributed by atoms with Crippen LogP contribution in [0.1, 0.15) is 62.8 Å². The van der Waals surface area contributed by atoms with Crippen molar-refractivity contribution in [1.29, 1.82) is 0 Å². The number of para-hydroxylation sites is 1. The Kier molecular flexibility index (Phi) is 10.7. The summed E-state index contributed by atoms with van der Waals surface area (Å²) in [5.41, 5.74) is 1.47. The van der Waals surface area contributed by atoms with Crippen molar-refractivity contribution in [3.63, 3.8) is 0 Å². The average Bonchev–Trinajstić information content (AvgIpc) is 3.58. The lowest BCUT2D eigenvalue weighted by atomic mass is 9.85. The molecule has 264 valence electrons. The number of halogens is 3. The van der Waals surface area contributed by atoms with Crippen LogP contribution in [0.2, 0.25) is 10.0 Å². The summed E-state index contributed by atoms with van der Waals surface area (Å²) in [5, 5.41) is 23.0. The van der Waals surface area contributed by atoms with Gasteiger partial charge in [0.15, 0.2) is 11.5 Å². The average molecular weight is 745 g/mol. The molecule has 0 spiro atoms. The Bertz CT molecular complexity index is 1870. The number of anilines is 1. The third kappa shape index (κ3) is 7.34. The van der Waals surface area contributed by atoms with Crippen molar-refractivity contribution in [2.24, 2.45) is 0 Å². The highest BCUT2D eigenvalue weighted by Crippen LogP contribution is 2.42. The van der Waals surface area contributed by atoms with Crippen LogP contribution in [-0.2, 0) is 17.7 Å². The molecule has 1 N–H and O–H groups in total. The lowest BCUT2D eigenvalue weighted by molar-refractivity contribution is -0.904. The molecular formula is C36H36Cl2FN3O7S. The third-order valence-corrected chi connectivity index (χ3v) is 11.4. The number of benzene rings is 2. The van der Waals surface area contributed by atoms with Gasteiger partial charge in [-0.15, -0.1) is 11.3 Å². The fraction of sp³-hybridized carbons (Fsp3) is 0.361. The number of carboxylic acid groups (broad SMARTS) is 1. The van der Waals surface area contributed by atoms with Crippen LogP contribution in [0.25, 0.3) is 0 Å². The first kappa shape index (κ1) is 35.7. The largest absolute Gasteiger partial charge is 0.544 e. The molecule has 1 amide bonds. The molecule has 6 rings (SSSR count). The number of carbonyl (C=O) groups excluding carboxylic acids is 2. The molecule has 4 aromatic rings. The number of aromatic nitrogens is 1. The topological polar surface area (TPSA) is 115 Å². The number of hydrogen-bond acceptors (Lipinski definition) is 9. The molecule has 2 aliphatic heterocycles. The normalized spacial score (nSPS) is 19.2. The van der Waals surface area contributed by atoms with Crippen LogP contribution in [-0.4, -0.2) is 61.6 Å². The van der Waals surface area contributed by atoms with E-state index in [0.717, 1.165) is 28.9 Å². The number of pyridine rings is 1. The molecule has 2 saturated heterocycles. The number of hydrogen-bond donors (Lipinski definition) is 1. The molecule has 0 radical (unpaired) electrons. The zero-order valence-electron chi connectivity index (χ0n) is 27.6. The van der Waals surface area contributed by atoms with Crippen molar-refractivity contribution < 1.29 is 43.2 Å². The van der Waals surface area contributed by atoms with Crippen molar-refractivity contribution in [2.75, 3.05) is 26.2 Å². The van der Waals surface area contributed by atoms with Crippen molar-refractivity contribution in [1.82, 2.24) is 4.90 Å². The number of carbonyl (C=O) groups is 2. The van der Waals surface area contributed by atoms with E-state index in [0.29, 0.717) is 58.0 Å². The molecule has 2 aromatic carbocycles. The van der Waals surface area contributed by atoms with Gasteiger partial charge in [0, 0.05) is 46.0 Å². The molecular weight excluding hydrogens is 708 g/mol. The van der Waals surface area contributed by atoms with Gasteiger partial charge in [-0.2, -0.15) is 0 Å². The zero-order valence-corrected chi connectivity index (χ0v) is 29.9. The quantitative estimate of drug-likeness (QED) is 0.142. The van der Waals surface area contributed by atoms with Gasteiger partial charge in [0.1, 0.15) is 22.0 Å². The first-order valence-electron chi connectivity index (χ1n) is 16.1. The molecule has 50 heavy (non-hydrogen) atoms. The molecule has 2 fully saturated rings. The summed E-state index contributed by atoms with van der Waals surface area (Å²) in [6.07, 6.45) is 5.09. The number of amides is 1. The number of fused-ring (bicyclic) bond motifs is 2. The number of thiophene rings is 1. The van der Waals surface area contributed by atoms with Crippen LogP contribution in [0.3, 0.4) is 0 Å². The predicted octanol–water partition coefficient (Wildman–Crippen LogP) is 6.24. The standard InChI is InChI=1S/C36H36Cl2FN3O7S/c1-40-21-9-10-22(40)14-23(13-21)49-36(45)42(31-7-5-4-6-30(31)39)17-24-15-26(34(50-24)35(43)44)25(16-27-28(37)18-41(46)19-29(27)38)20-8-11-32(47-2)33(12-20)48-3/h4-8,11-12,15,18-19,21-23,25H,9-10,13-14,16-17H2,1-3H3,(H-,43,44,46)/t21-,22+,23?,25-/m0/s1. The Morgan fingerprint density at radius 1 is 1.06 bits per heavy atom. The third-order valence-electron chi connectivity index (χ3n) is 9.66. The van der Waals surface area contributed by atoms with E-state index < -0.39 is 23.8 Å². The van der Waals surface area contributed by atoms with E-state index in [1.165, 1.54) is 49.7 Å². The SMILES string of the molecule is COc1ccc([C@H](Cc2c(Cl)c[n+](O)cc2Cl)c2cc(CN(C(=O)OC3C[C@H]4CC[C@@H](C3)N4C)c3ccccc3F)sc2C(=O)[O-])cc1OC. The Hall–Kier alpha value is -4.10. The van der Waals surface area contributed by atoms with Gasteiger partial charge in [-0.3, -0.25) is 10.1 Å². The van der Waals surface area contributed by atoms with Crippen LogP contribution in [0.5, 0.6) is 11.5 Å². The molecule has 4 atom stereocenters. The smallest absolute Gasteiger partial charge is 0.414 e.